The van der Waals surface area contributed by atoms with Gasteiger partial charge in [-0.15, -0.1) is 11.3 Å². The Morgan fingerprint density at radius 1 is 1.35 bits per heavy atom. The molecule has 2 heterocycles. The summed E-state index contributed by atoms with van der Waals surface area (Å²) in [7, 11) is 0. The molecule has 0 bridgehead atoms. The lowest BCUT2D eigenvalue weighted by atomic mass is 10.2. The summed E-state index contributed by atoms with van der Waals surface area (Å²) in [5.74, 6) is 1.36. The van der Waals surface area contributed by atoms with Gasteiger partial charge in [-0.2, -0.15) is 0 Å². The van der Waals surface area contributed by atoms with Crippen LogP contribution in [0.1, 0.15) is 22.4 Å². The summed E-state index contributed by atoms with van der Waals surface area (Å²) >= 11 is 1.68. The van der Waals surface area contributed by atoms with Crippen molar-refractivity contribution in [2.75, 3.05) is 11.1 Å². The molecule has 2 rings (SSSR count). The standard InChI is InChI=1S/C11H15N5S/c1-3-9-10(12)15-6-16-11(9)14-5-8-4-13-7(2)17-8/h4,6H,3,5H2,1-2H3,(H3,12,14,15,16). The SMILES string of the molecule is CCc1c(N)ncnc1NCc1cnc(C)s1. The van der Waals surface area contributed by atoms with Gasteiger partial charge in [-0.3, -0.25) is 0 Å². The van der Waals surface area contributed by atoms with Crippen LogP contribution in [-0.2, 0) is 13.0 Å². The summed E-state index contributed by atoms with van der Waals surface area (Å²) in [5, 5.41) is 4.34. The number of nitrogens with zero attached hydrogens (tertiary/aromatic N) is 3. The molecular weight excluding hydrogens is 234 g/mol. The highest BCUT2D eigenvalue weighted by Crippen LogP contribution is 2.19. The molecule has 2 aromatic rings. The van der Waals surface area contributed by atoms with Gasteiger partial charge in [0.25, 0.3) is 0 Å². The van der Waals surface area contributed by atoms with Crippen molar-refractivity contribution in [2.24, 2.45) is 0 Å². The van der Waals surface area contributed by atoms with Gasteiger partial charge in [-0.05, 0) is 13.3 Å². The average molecular weight is 249 g/mol. The van der Waals surface area contributed by atoms with Crippen molar-refractivity contribution >= 4 is 23.0 Å². The van der Waals surface area contributed by atoms with E-state index in [4.69, 9.17) is 5.73 Å². The van der Waals surface area contributed by atoms with Gasteiger partial charge in [0, 0.05) is 16.6 Å². The average Bonchev–Trinajstić information content (AvgIpc) is 2.72. The van der Waals surface area contributed by atoms with E-state index in [1.807, 2.05) is 20.0 Å². The number of rotatable bonds is 4. The summed E-state index contributed by atoms with van der Waals surface area (Å²) in [6.07, 6.45) is 4.18. The molecule has 6 heteroatoms. The van der Waals surface area contributed by atoms with Crippen LogP contribution in [0.2, 0.25) is 0 Å². The molecule has 0 aliphatic rings. The fraction of sp³-hybridized carbons (Fsp3) is 0.364. The van der Waals surface area contributed by atoms with Crippen molar-refractivity contribution in [3.8, 4) is 0 Å². The van der Waals surface area contributed by atoms with Crippen LogP contribution in [-0.4, -0.2) is 15.0 Å². The minimum absolute atomic E-state index is 0.547. The Bertz CT molecular complexity index is 508. The van der Waals surface area contributed by atoms with E-state index in [1.54, 1.807) is 11.3 Å². The zero-order valence-electron chi connectivity index (χ0n) is 9.90. The molecule has 2 aromatic heterocycles. The maximum Gasteiger partial charge on any atom is 0.134 e. The number of aryl methyl sites for hydroxylation is 1. The number of nitrogens with one attached hydrogen (secondary N) is 1. The topological polar surface area (TPSA) is 76.7 Å². The first-order valence-electron chi connectivity index (χ1n) is 5.45. The molecule has 17 heavy (non-hydrogen) atoms. The molecule has 0 aromatic carbocycles. The summed E-state index contributed by atoms with van der Waals surface area (Å²) < 4.78 is 0. The van der Waals surface area contributed by atoms with E-state index in [0.29, 0.717) is 5.82 Å². The van der Waals surface area contributed by atoms with Crippen molar-refractivity contribution in [3.05, 3.63) is 28.0 Å². The van der Waals surface area contributed by atoms with Crippen LogP contribution < -0.4 is 11.1 Å². The Hall–Kier alpha value is -1.69. The Balaban J connectivity index is 2.11. The fourth-order valence-electron chi connectivity index (χ4n) is 1.58. The molecule has 0 aliphatic carbocycles. The molecule has 90 valence electrons. The van der Waals surface area contributed by atoms with E-state index in [-0.39, 0.29) is 0 Å². The number of hydrogen-bond acceptors (Lipinski definition) is 6. The van der Waals surface area contributed by atoms with Gasteiger partial charge in [-0.1, -0.05) is 6.92 Å². The molecule has 0 atom stereocenters. The van der Waals surface area contributed by atoms with Gasteiger partial charge in [0.1, 0.15) is 18.0 Å². The lowest BCUT2D eigenvalue weighted by Crippen LogP contribution is -2.07. The van der Waals surface area contributed by atoms with Gasteiger partial charge < -0.3 is 11.1 Å². The van der Waals surface area contributed by atoms with Crippen molar-refractivity contribution in [1.29, 1.82) is 0 Å². The van der Waals surface area contributed by atoms with Gasteiger partial charge in [0.2, 0.25) is 0 Å². The Morgan fingerprint density at radius 3 is 2.82 bits per heavy atom. The second-order valence-electron chi connectivity index (χ2n) is 3.64. The van der Waals surface area contributed by atoms with Gasteiger partial charge in [0.15, 0.2) is 0 Å². The molecule has 0 fully saturated rings. The largest absolute Gasteiger partial charge is 0.383 e. The number of thiazole rings is 1. The second kappa shape index (κ2) is 5.09. The van der Waals surface area contributed by atoms with Gasteiger partial charge in [0.05, 0.1) is 11.6 Å². The minimum Gasteiger partial charge on any atom is -0.383 e. The molecule has 0 amide bonds. The highest BCUT2D eigenvalue weighted by Gasteiger charge is 2.07. The highest BCUT2D eigenvalue weighted by atomic mass is 32.1. The van der Waals surface area contributed by atoms with Crippen LogP contribution in [0, 0.1) is 6.92 Å². The van der Waals surface area contributed by atoms with Crippen molar-refractivity contribution < 1.29 is 0 Å². The number of hydrogen-bond donors (Lipinski definition) is 2. The Kier molecular flexibility index (Phi) is 3.53. The normalized spacial score (nSPS) is 10.5. The van der Waals surface area contributed by atoms with Crippen LogP contribution in [0.5, 0.6) is 0 Å². The summed E-state index contributed by atoms with van der Waals surface area (Å²) in [6, 6.07) is 0. The van der Waals surface area contributed by atoms with Crippen LogP contribution >= 0.6 is 11.3 Å². The van der Waals surface area contributed by atoms with E-state index in [2.05, 4.69) is 20.3 Å². The minimum atomic E-state index is 0.547. The van der Waals surface area contributed by atoms with Crippen LogP contribution in [0.15, 0.2) is 12.5 Å². The highest BCUT2D eigenvalue weighted by molar-refractivity contribution is 7.11. The second-order valence-corrected chi connectivity index (χ2v) is 4.96. The first kappa shape index (κ1) is 11.8. The van der Waals surface area contributed by atoms with Crippen molar-refractivity contribution in [2.45, 2.75) is 26.8 Å². The van der Waals surface area contributed by atoms with E-state index in [1.165, 1.54) is 11.2 Å². The van der Waals surface area contributed by atoms with E-state index in [9.17, 15) is 0 Å². The maximum absolute atomic E-state index is 5.80. The predicted molar refractivity (Wildman–Crippen MR) is 70.0 cm³/mol. The van der Waals surface area contributed by atoms with E-state index < -0.39 is 0 Å². The number of anilines is 2. The monoisotopic (exact) mass is 249 g/mol. The smallest absolute Gasteiger partial charge is 0.134 e. The third kappa shape index (κ3) is 2.71. The zero-order chi connectivity index (χ0) is 12.3. The number of aromatic nitrogens is 3. The van der Waals surface area contributed by atoms with Crippen LogP contribution in [0.25, 0.3) is 0 Å². The van der Waals surface area contributed by atoms with E-state index in [0.717, 1.165) is 29.4 Å². The van der Waals surface area contributed by atoms with Crippen molar-refractivity contribution in [1.82, 2.24) is 15.0 Å². The first-order chi connectivity index (χ1) is 8.20. The molecule has 0 saturated carbocycles. The van der Waals surface area contributed by atoms with Gasteiger partial charge in [-0.25, -0.2) is 15.0 Å². The third-order valence-corrected chi connectivity index (χ3v) is 3.34. The molecule has 3 N–H and O–H groups in total. The summed E-state index contributed by atoms with van der Waals surface area (Å²) in [4.78, 5) is 13.6. The molecular formula is C11H15N5S. The molecule has 0 aliphatic heterocycles. The van der Waals surface area contributed by atoms with Gasteiger partial charge >= 0.3 is 0 Å². The van der Waals surface area contributed by atoms with Crippen LogP contribution in [0.3, 0.4) is 0 Å². The Labute approximate surface area is 104 Å². The zero-order valence-corrected chi connectivity index (χ0v) is 10.7. The Morgan fingerprint density at radius 2 is 2.18 bits per heavy atom. The quantitative estimate of drug-likeness (QED) is 0.866. The molecule has 0 saturated heterocycles. The molecule has 0 unspecified atom stereocenters. The lowest BCUT2D eigenvalue weighted by molar-refractivity contribution is 1.02. The molecule has 5 nitrogen and oxygen atoms in total. The number of nitrogen functional groups attached to an aromatic ring is 1. The molecule has 0 radical (unpaired) electrons. The van der Waals surface area contributed by atoms with Crippen LogP contribution in [0.4, 0.5) is 11.6 Å². The van der Waals surface area contributed by atoms with E-state index >= 15 is 0 Å². The number of nitrogens with two attached hydrogens (primary N) is 1. The lowest BCUT2D eigenvalue weighted by Gasteiger charge is -2.09. The maximum atomic E-state index is 5.80. The predicted octanol–water partition coefficient (Wildman–Crippen LogP) is 2.00. The fourth-order valence-corrected chi connectivity index (χ4v) is 2.32. The first-order valence-corrected chi connectivity index (χ1v) is 6.27. The third-order valence-electron chi connectivity index (χ3n) is 2.43. The summed E-state index contributed by atoms with van der Waals surface area (Å²) in [5.41, 5.74) is 6.77. The summed E-state index contributed by atoms with van der Waals surface area (Å²) in [6.45, 7) is 4.75. The van der Waals surface area contributed by atoms with Crippen molar-refractivity contribution in [3.63, 3.8) is 0 Å². The molecule has 0 spiro atoms.